The van der Waals surface area contributed by atoms with E-state index in [1.165, 1.54) is 12.1 Å². The van der Waals surface area contributed by atoms with Crippen LogP contribution < -0.4 is 5.73 Å². The molecule has 3 aliphatic heterocycles. The number of hydrogen-bond donors (Lipinski definition) is 1. The molecular formula is C20H21F4N3O3S. The zero-order valence-corrected chi connectivity index (χ0v) is 17.2. The Morgan fingerprint density at radius 2 is 1.74 bits per heavy atom. The molecule has 3 aliphatic rings. The predicted molar refractivity (Wildman–Crippen MR) is 105 cm³/mol. The maximum Gasteiger partial charge on any atom is 0.416 e. The third-order valence-corrected chi connectivity index (χ3v) is 7.48. The number of amides is 3. The van der Waals surface area contributed by atoms with Gasteiger partial charge in [-0.2, -0.15) is 13.2 Å². The lowest BCUT2D eigenvalue weighted by Crippen LogP contribution is -2.43. The van der Waals surface area contributed by atoms with Gasteiger partial charge < -0.3 is 15.5 Å². The third-order valence-electron chi connectivity index (χ3n) is 6.24. The molecule has 2 N–H and O–H groups in total. The van der Waals surface area contributed by atoms with Crippen LogP contribution in [0.4, 0.5) is 22.4 Å². The average Bonchev–Trinajstić information content (AvgIpc) is 3.39. The molecule has 5 unspecified atom stereocenters. The zero-order valence-electron chi connectivity index (χ0n) is 16.3. The molecule has 0 aromatic heterocycles. The van der Waals surface area contributed by atoms with E-state index in [2.05, 4.69) is 0 Å². The summed E-state index contributed by atoms with van der Waals surface area (Å²) in [7, 11) is 0. The number of primary amides is 1. The first kappa shape index (κ1) is 21.9. The first-order valence-electron chi connectivity index (χ1n) is 9.97. The number of likely N-dealkylation sites (tertiary alicyclic amines) is 1. The lowest BCUT2D eigenvalue weighted by atomic mass is 10.0. The second kappa shape index (κ2) is 7.99. The molecule has 4 rings (SSSR count). The van der Waals surface area contributed by atoms with Gasteiger partial charge >= 0.3 is 6.18 Å². The van der Waals surface area contributed by atoms with Crippen molar-refractivity contribution in [2.75, 3.05) is 6.54 Å². The Balaban J connectivity index is 1.44. The lowest BCUT2D eigenvalue weighted by molar-refractivity contribution is -0.137. The Morgan fingerprint density at radius 1 is 1.06 bits per heavy atom. The number of nitrogens with two attached hydrogens (primary N) is 1. The Bertz CT molecular complexity index is 895. The van der Waals surface area contributed by atoms with Crippen molar-refractivity contribution >= 4 is 28.8 Å². The maximum atomic E-state index is 13.7. The summed E-state index contributed by atoms with van der Waals surface area (Å²) in [5.74, 6) is -1.11. The number of nitrogens with zero attached hydrogens (tertiary/aromatic N) is 2. The largest absolute Gasteiger partial charge is 0.416 e. The Labute approximate surface area is 180 Å². The van der Waals surface area contributed by atoms with Gasteiger partial charge in [-0.05, 0) is 43.5 Å². The van der Waals surface area contributed by atoms with E-state index in [1.807, 2.05) is 0 Å². The number of fused-ring (bicyclic) bond motifs is 2. The van der Waals surface area contributed by atoms with E-state index in [0.717, 1.165) is 35.2 Å². The molecule has 0 saturated carbocycles. The summed E-state index contributed by atoms with van der Waals surface area (Å²) < 4.78 is 52.0. The van der Waals surface area contributed by atoms with Gasteiger partial charge in [-0.25, -0.2) is 4.39 Å². The highest BCUT2D eigenvalue weighted by Crippen LogP contribution is 2.45. The molecule has 168 valence electrons. The summed E-state index contributed by atoms with van der Waals surface area (Å²) >= 11 is 0.983. The van der Waals surface area contributed by atoms with Gasteiger partial charge in [0.15, 0.2) is 0 Å². The Hall–Kier alpha value is -2.30. The second-order valence-electron chi connectivity index (χ2n) is 8.15. The predicted octanol–water partition coefficient (Wildman–Crippen LogP) is 3.20. The van der Waals surface area contributed by atoms with Gasteiger partial charge in [-0.15, -0.1) is 0 Å². The van der Waals surface area contributed by atoms with Gasteiger partial charge in [0.05, 0.1) is 12.1 Å². The SMILES string of the molecule is NC(=O)C1CC(F)CN1C(=O)SC1CC2CCC1N2C(=O)c1ccc(C(F)(F)F)cc1. The van der Waals surface area contributed by atoms with E-state index in [-0.39, 0.29) is 41.8 Å². The van der Waals surface area contributed by atoms with Gasteiger partial charge in [-0.1, -0.05) is 11.8 Å². The fraction of sp³-hybridized carbons (Fsp3) is 0.550. The summed E-state index contributed by atoms with van der Waals surface area (Å²) in [5.41, 5.74) is 4.63. The molecule has 3 saturated heterocycles. The van der Waals surface area contributed by atoms with Crippen LogP contribution in [0.3, 0.4) is 0 Å². The number of carbonyl (C=O) groups excluding carboxylic acids is 3. The summed E-state index contributed by atoms with van der Waals surface area (Å²) in [6, 6.07) is 2.77. The van der Waals surface area contributed by atoms with Gasteiger partial charge in [0.1, 0.15) is 12.2 Å². The molecular weight excluding hydrogens is 438 g/mol. The van der Waals surface area contributed by atoms with Crippen LogP contribution in [0.1, 0.15) is 41.6 Å². The third kappa shape index (κ3) is 4.11. The fourth-order valence-corrected chi connectivity index (χ4v) is 6.12. The van der Waals surface area contributed by atoms with E-state index in [4.69, 9.17) is 5.73 Å². The van der Waals surface area contributed by atoms with Crippen molar-refractivity contribution in [1.82, 2.24) is 9.80 Å². The number of alkyl halides is 4. The maximum absolute atomic E-state index is 13.7. The van der Waals surface area contributed by atoms with Crippen molar-refractivity contribution in [2.24, 2.45) is 5.73 Å². The van der Waals surface area contributed by atoms with E-state index in [1.54, 1.807) is 4.90 Å². The first-order valence-corrected chi connectivity index (χ1v) is 10.8. The fourth-order valence-electron chi connectivity index (χ4n) is 4.78. The van der Waals surface area contributed by atoms with Gasteiger partial charge in [-0.3, -0.25) is 14.4 Å². The molecule has 0 spiro atoms. The Morgan fingerprint density at radius 3 is 2.35 bits per heavy atom. The van der Waals surface area contributed by atoms with Crippen LogP contribution in [0.25, 0.3) is 0 Å². The monoisotopic (exact) mass is 459 g/mol. The molecule has 0 radical (unpaired) electrons. The summed E-state index contributed by atoms with van der Waals surface area (Å²) in [6.45, 7) is -0.186. The van der Waals surface area contributed by atoms with Crippen molar-refractivity contribution in [3.63, 3.8) is 0 Å². The standard InChI is InChI=1S/C20H21F4N3O3S/c21-12-7-15(17(25)28)26(9-12)19(30)31-16-8-13-5-6-14(16)27(13)18(29)10-1-3-11(4-2-10)20(22,23)24/h1-4,12-16H,5-9H2,(H2,25,28). The van der Waals surface area contributed by atoms with Crippen molar-refractivity contribution in [2.45, 2.75) is 61.4 Å². The number of halogens is 4. The smallest absolute Gasteiger partial charge is 0.368 e. The van der Waals surface area contributed by atoms with Crippen molar-refractivity contribution in [3.8, 4) is 0 Å². The first-order chi connectivity index (χ1) is 14.6. The van der Waals surface area contributed by atoms with Crippen LogP contribution in [0.5, 0.6) is 0 Å². The minimum absolute atomic E-state index is 0.107. The van der Waals surface area contributed by atoms with Crippen LogP contribution in [0.2, 0.25) is 0 Å². The molecule has 0 aliphatic carbocycles. The minimum atomic E-state index is -4.48. The highest BCUT2D eigenvalue weighted by molar-refractivity contribution is 8.14. The molecule has 1 aromatic carbocycles. The molecule has 1 aromatic rings. The van der Waals surface area contributed by atoms with E-state index in [9.17, 15) is 31.9 Å². The van der Waals surface area contributed by atoms with Crippen molar-refractivity contribution < 1.29 is 31.9 Å². The number of carbonyl (C=O) groups is 3. The number of benzene rings is 1. The Kier molecular flexibility index (Phi) is 5.65. The molecule has 6 nitrogen and oxygen atoms in total. The topological polar surface area (TPSA) is 83.7 Å². The number of thioether (sulfide) groups is 1. The zero-order chi connectivity index (χ0) is 22.5. The van der Waals surface area contributed by atoms with Crippen LogP contribution in [-0.4, -0.2) is 62.9 Å². The molecule has 3 amide bonds. The van der Waals surface area contributed by atoms with E-state index in [0.29, 0.717) is 12.8 Å². The highest BCUT2D eigenvalue weighted by Gasteiger charge is 2.50. The summed E-state index contributed by atoms with van der Waals surface area (Å²) in [4.78, 5) is 40.0. The summed E-state index contributed by atoms with van der Waals surface area (Å²) in [5, 5.41) is -0.666. The molecule has 31 heavy (non-hydrogen) atoms. The van der Waals surface area contributed by atoms with Gasteiger partial charge in [0, 0.05) is 29.3 Å². The van der Waals surface area contributed by atoms with Crippen molar-refractivity contribution in [3.05, 3.63) is 35.4 Å². The lowest BCUT2D eigenvalue weighted by Gasteiger charge is -2.26. The molecule has 5 atom stereocenters. The van der Waals surface area contributed by atoms with Crippen molar-refractivity contribution in [1.29, 1.82) is 0 Å². The van der Waals surface area contributed by atoms with Gasteiger partial charge in [0.2, 0.25) is 5.91 Å². The molecule has 3 fully saturated rings. The van der Waals surface area contributed by atoms with Crippen LogP contribution >= 0.6 is 11.8 Å². The van der Waals surface area contributed by atoms with E-state index >= 15 is 0 Å². The summed E-state index contributed by atoms with van der Waals surface area (Å²) in [6.07, 6.45) is -3.92. The number of rotatable bonds is 3. The molecule has 2 bridgehead atoms. The normalized spacial score (nSPS) is 30.1. The number of hydrogen-bond acceptors (Lipinski definition) is 4. The van der Waals surface area contributed by atoms with Crippen LogP contribution in [0.15, 0.2) is 24.3 Å². The molecule has 11 heteroatoms. The highest BCUT2D eigenvalue weighted by atomic mass is 32.2. The quantitative estimate of drug-likeness (QED) is 0.704. The van der Waals surface area contributed by atoms with Crippen LogP contribution in [-0.2, 0) is 11.0 Å². The second-order valence-corrected chi connectivity index (χ2v) is 9.34. The molecule has 3 heterocycles. The van der Waals surface area contributed by atoms with E-state index < -0.39 is 35.1 Å². The van der Waals surface area contributed by atoms with Crippen LogP contribution in [0, 0.1) is 0 Å². The van der Waals surface area contributed by atoms with Gasteiger partial charge in [0.25, 0.3) is 11.1 Å². The average molecular weight is 459 g/mol. The minimum Gasteiger partial charge on any atom is -0.368 e.